The fourth-order valence-corrected chi connectivity index (χ4v) is 1.27. The summed E-state index contributed by atoms with van der Waals surface area (Å²) >= 11 is 3.02. The van der Waals surface area contributed by atoms with Crippen LogP contribution in [0.25, 0.3) is 0 Å². The van der Waals surface area contributed by atoms with Crippen LogP contribution >= 0.6 is 15.9 Å². The molecule has 0 N–H and O–H groups in total. The van der Waals surface area contributed by atoms with E-state index in [2.05, 4.69) is 20.7 Å². The van der Waals surface area contributed by atoms with E-state index in [0.29, 0.717) is 4.47 Å². The van der Waals surface area contributed by atoms with E-state index >= 15 is 0 Å². The molecule has 0 bridgehead atoms. The van der Waals surface area contributed by atoms with Crippen LogP contribution in [0.2, 0.25) is 0 Å². The van der Waals surface area contributed by atoms with Crippen molar-refractivity contribution >= 4 is 15.9 Å². The van der Waals surface area contributed by atoms with Gasteiger partial charge < -0.3 is 9.47 Å². The van der Waals surface area contributed by atoms with Gasteiger partial charge in [0.15, 0.2) is 17.3 Å². The second-order valence-corrected chi connectivity index (χ2v) is 3.04. The zero-order valence-corrected chi connectivity index (χ0v) is 7.31. The summed E-state index contributed by atoms with van der Waals surface area (Å²) in [6.07, 6.45) is 0. The topological polar surface area (TPSA) is 18.5 Å². The lowest BCUT2D eigenvalue weighted by atomic mass is 10.3. The molecule has 0 unspecified atom stereocenters. The minimum Gasteiger partial charge on any atom is -0.486 e. The van der Waals surface area contributed by atoms with Gasteiger partial charge in [-0.05, 0) is 12.1 Å². The standard InChI is InChI=1S/C8H6BrFO2/c9-5-3-6(10)8-7(4-5)11-1-2-12-8/h3-4H,1-2H2/i1D2,2D2. The van der Waals surface area contributed by atoms with Crippen LogP contribution in [0, 0.1) is 5.82 Å². The van der Waals surface area contributed by atoms with Crippen molar-refractivity contribution in [2.24, 2.45) is 0 Å². The fourth-order valence-electron chi connectivity index (χ4n) is 0.859. The molecule has 0 saturated carbocycles. The van der Waals surface area contributed by atoms with Crippen LogP contribution in [0.15, 0.2) is 16.6 Å². The molecule has 1 aromatic carbocycles. The third kappa shape index (κ3) is 1.27. The highest BCUT2D eigenvalue weighted by molar-refractivity contribution is 9.10. The number of ether oxygens (including phenoxy) is 2. The van der Waals surface area contributed by atoms with Gasteiger partial charge in [-0.25, -0.2) is 4.39 Å². The summed E-state index contributed by atoms with van der Waals surface area (Å²) in [5, 5.41) is 0. The van der Waals surface area contributed by atoms with Crippen molar-refractivity contribution < 1.29 is 19.3 Å². The number of halogens is 2. The molecule has 0 spiro atoms. The van der Waals surface area contributed by atoms with E-state index < -0.39 is 24.7 Å². The first-order valence-corrected chi connectivity index (χ1v) is 3.89. The average molecular weight is 237 g/mol. The molecular weight excluding hydrogens is 227 g/mol. The molecule has 2 rings (SSSR count). The molecule has 1 heterocycles. The van der Waals surface area contributed by atoms with Crippen LogP contribution in [0.1, 0.15) is 5.48 Å². The van der Waals surface area contributed by atoms with Crippen LogP contribution in [0.5, 0.6) is 11.5 Å². The Morgan fingerprint density at radius 1 is 1.42 bits per heavy atom. The van der Waals surface area contributed by atoms with Gasteiger partial charge in [-0.15, -0.1) is 0 Å². The van der Waals surface area contributed by atoms with Gasteiger partial charge in [-0.1, -0.05) is 15.9 Å². The second-order valence-electron chi connectivity index (χ2n) is 2.12. The van der Waals surface area contributed by atoms with Crippen LogP contribution in [0.3, 0.4) is 0 Å². The first kappa shape index (κ1) is 4.46. The summed E-state index contributed by atoms with van der Waals surface area (Å²) in [7, 11) is 0. The van der Waals surface area contributed by atoms with Gasteiger partial charge >= 0.3 is 0 Å². The molecule has 0 saturated heterocycles. The maximum atomic E-state index is 13.4. The first-order valence-electron chi connectivity index (χ1n) is 5.10. The number of rotatable bonds is 0. The Balaban J connectivity index is 2.56. The van der Waals surface area contributed by atoms with Crippen molar-refractivity contribution in [2.45, 2.75) is 0 Å². The smallest absolute Gasteiger partial charge is 0.197 e. The molecule has 0 amide bonds. The molecule has 12 heavy (non-hydrogen) atoms. The predicted octanol–water partition coefficient (Wildman–Crippen LogP) is 2.36. The van der Waals surface area contributed by atoms with Crippen molar-refractivity contribution in [3.63, 3.8) is 0 Å². The number of hydrogen-bond acceptors (Lipinski definition) is 2. The van der Waals surface area contributed by atoms with Crippen molar-refractivity contribution in [2.75, 3.05) is 13.1 Å². The summed E-state index contributed by atoms with van der Waals surface area (Å²) in [5.41, 5.74) is 0. The van der Waals surface area contributed by atoms with E-state index in [0.717, 1.165) is 6.07 Å². The highest BCUT2D eigenvalue weighted by Gasteiger charge is 2.16. The van der Waals surface area contributed by atoms with Gasteiger partial charge in [-0.3, -0.25) is 0 Å². The van der Waals surface area contributed by atoms with Gasteiger partial charge in [-0.2, -0.15) is 0 Å². The lowest BCUT2D eigenvalue weighted by Crippen LogP contribution is -2.16. The molecule has 2 nitrogen and oxygen atoms in total. The van der Waals surface area contributed by atoms with E-state index in [4.69, 9.17) is 10.2 Å². The Morgan fingerprint density at radius 3 is 3.00 bits per heavy atom. The molecule has 0 aliphatic carbocycles. The Hall–Kier alpha value is -0.770. The van der Waals surface area contributed by atoms with Crippen LogP contribution in [-0.4, -0.2) is 13.1 Å². The van der Waals surface area contributed by atoms with E-state index in [1.165, 1.54) is 6.07 Å². The molecule has 0 aromatic heterocycles. The number of benzene rings is 1. The SMILES string of the molecule is [2H]C1([2H])Oc2cc(Br)cc(F)c2OC1([2H])[2H]. The molecule has 0 atom stereocenters. The molecule has 0 fully saturated rings. The quantitative estimate of drug-likeness (QED) is 0.689. The number of fused-ring (bicyclic) bond motifs is 1. The Kier molecular flexibility index (Phi) is 1.09. The fraction of sp³-hybridized carbons (Fsp3) is 0.250. The highest BCUT2D eigenvalue weighted by Crippen LogP contribution is 2.35. The van der Waals surface area contributed by atoms with E-state index in [1.54, 1.807) is 0 Å². The Labute approximate surface area is 83.0 Å². The van der Waals surface area contributed by atoms with Crippen molar-refractivity contribution in [1.82, 2.24) is 0 Å². The second kappa shape index (κ2) is 2.94. The van der Waals surface area contributed by atoms with E-state index in [-0.39, 0.29) is 5.75 Å². The largest absolute Gasteiger partial charge is 0.486 e. The molecule has 64 valence electrons. The third-order valence-electron chi connectivity index (χ3n) is 1.33. The van der Waals surface area contributed by atoms with Crippen LogP contribution < -0.4 is 9.47 Å². The summed E-state index contributed by atoms with van der Waals surface area (Å²) in [6.45, 7) is -5.41. The zero-order valence-electron chi connectivity index (χ0n) is 9.73. The van der Waals surface area contributed by atoms with Gasteiger partial charge in [0.25, 0.3) is 0 Å². The molecule has 1 aliphatic heterocycles. The predicted molar refractivity (Wildman–Crippen MR) is 45.1 cm³/mol. The maximum Gasteiger partial charge on any atom is 0.197 e. The third-order valence-corrected chi connectivity index (χ3v) is 1.79. The van der Waals surface area contributed by atoms with Gasteiger partial charge in [0, 0.05) is 4.47 Å². The van der Waals surface area contributed by atoms with Gasteiger partial charge in [0.2, 0.25) is 0 Å². The van der Waals surface area contributed by atoms with Crippen LogP contribution in [0.4, 0.5) is 4.39 Å². The summed E-state index contributed by atoms with van der Waals surface area (Å²) < 4.78 is 52.3. The first-order chi connectivity index (χ1) is 7.23. The summed E-state index contributed by atoms with van der Waals surface area (Å²) in [5.74, 6) is -1.42. The highest BCUT2D eigenvalue weighted by atomic mass is 79.9. The molecule has 0 radical (unpaired) electrons. The minimum atomic E-state index is -2.74. The average Bonchev–Trinajstić information content (AvgIpc) is 2.08. The zero-order chi connectivity index (χ0) is 12.1. The van der Waals surface area contributed by atoms with Gasteiger partial charge in [0.05, 0.1) is 5.48 Å². The van der Waals surface area contributed by atoms with Crippen molar-refractivity contribution in [3.05, 3.63) is 22.4 Å². The summed E-state index contributed by atoms with van der Waals surface area (Å²) in [6, 6.07) is 2.39. The van der Waals surface area contributed by atoms with Crippen LogP contribution in [-0.2, 0) is 0 Å². The van der Waals surface area contributed by atoms with E-state index in [9.17, 15) is 4.39 Å². The monoisotopic (exact) mass is 236 g/mol. The maximum absolute atomic E-state index is 13.4. The lowest BCUT2D eigenvalue weighted by Gasteiger charge is -2.18. The molecule has 1 aliphatic rings. The van der Waals surface area contributed by atoms with Gasteiger partial charge in [0.1, 0.15) is 13.1 Å². The normalized spacial score (nSPS) is 27.8. The summed E-state index contributed by atoms with van der Waals surface area (Å²) in [4.78, 5) is 0. The number of hydrogen-bond donors (Lipinski definition) is 0. The molecule has 4 heteroatoms. The minimum absolute atomic E-state index is 0.174. The lowest BCUT2D eigenvalue weighted by molar-refractivity contribution is 0.164. The molecular formula is C8H6BrFO2. The van der Waals surface area contributed by atoms with Crippen molar-refractivity contribution in [3.8, 4) is 11.5 Å². The van der Waals surface area contributed by atoms with E-state index in [1.807, 2.05) is 0 Å². The van der Waals surface area contributed by atoms with Crippen molar-refractivity contribution in [1.29, 1.82) is 0 Å². The Morgan fingerprint density at radius 2 is 2.17 bits per heavy atom. The Bertz CT molecular complexity index is 452. The molecule has 1 aromatic rings.